The SMILES string of the molecule is N#CCC1=CN2C=CC=CC2C1=O. The van der Waals surface area contributed by atoms with Crippen LogP contribution in [0.5, 0.6) is 0 Å². The molecule has 64 valence electrons. The molecule has 0 saturated carbocycles. The lowest BCUT2D eigenvalue weighted by atomic mass is 10.1. The second kappa shape index (κ2) is 2.91. The molecule has 1 unspecified atom stereocenters. The van der Waals surface area contributed by atoms with Gasteiger partial charge >= 0.3 is 0 Å². The van der Waals surface area contributed by atoms with E-state index in [-0.39, 0.29) is 18.2 Å². The molecular weight excluding hydrogens is 164 g/mol. The van der Waals surface area contributed by atoms with E-state index < -0.39 is 0 Å². The van der Waals surface area contributed by atoms with Crippen LogP contribution in [0.3, 0.4) is 0 Å². The average Bonchev–Trinajstić information content (AvgIpc) is 2.46. The number of allylic oxidation sites excluding steroid dienone is 2. The smallest absolute Gasteiger partial charge is 0.188 e. The van der Waals surface area contributed by atoms with Crippen LogP contribution >= 0.6 is 0 Å². The summed E-state index contributed by atoms with van der Waals surface area (Å²) in [6.45, 7) is 0. The fourth-order valence-corrected chi connectivity index (χ4v) is 1.51. The quantitative estimate of drug-likeness (QED) is 0.595. The van der Waals surface area contributed by atoms with Gasteiger partial charge in [-0.05, 0) is 6.08 Å². The van der Waals surface area contributed by atoms with Crippen LogP contribution in [0.2, 0.25) is 0 Å². The number of hydrogen-bond acceptors (Lipinski definition) is 3. The minimum absolute atomic E-state index is 0.0437. The molecule has 0 spiro atoms. The zero-order valence-electron chi connectivity index (χ0n) is 6.97. The molecule has 0 amide bonds. The molecule has 0 aromatic heterocycles. The van der Waals surface area contributed by atoms with Gasteiger partial charge in [-0.1, -0.05) is 12.2 Å². The van der Waals surface area contributed by atoms with E-state index in [1.165, 1.54) is 0 Å². The van der Waals surface area contributed by atoms with Crippen molar-refractivity contribution in [3.8, 4) is 6.07 Å². The molecule has 0 fully saturated rings. The van der Waals surface area contributed by atoms with Crippen LogP contribution in [0.4, 0.5) is 0 Å². The maximum atomic E-state index is 11.6. The standard InChI is InChI=1S/C10H8N2O/c11-5-4-8-7-12-6-2-1-3-9(12)10(8)13/h1-3,6-7,9H,4H2. The van der Waals surface area contributed by atoms with Crippen LogP contribution in [0, 0.1) is 11.3 Å². The Labute approximate surface area is 76.3 Å². The highest BCUT2D eigenvalue weighted by Gasteiger charge is 2.30. The van der Waals surface area contributed by atoms with Crippen molar-refractivity contribution in [2.45, 2.75) is 12.5 Å². The van der Waals surface area contributed by atoms with Gasteiger partial charge in [0.15, 0.2) is 5.78 Å². The largest absolute Gasteiger partial charge is 0.340 e. The van der Waals surface area contributed by atoms with Gasteiger partial charge in [0, 0.05) is 18.0 Å². The lowest BCUT2D eigenvalue weighted by Crippen LogP contribution is -2.27. The number of carbonyl (C=O) groups is 1. The van der Waals surface area contributed by atoms with E-state index in [4.69, 9.17) is 5.26 Å². The van der Waals surface area contributed by atoms with Crippen molar-refractivity contribution >= 4 is 5.78 Å². The summed E-state index contributed by atoms with van der Waals surface area (Å²) in [5.41, 5.74) is 0.601. The first-order chi connectivity index (χ1) is 6.33. The van der Waals surface area contributed by atoms with E-state index in [0.29, 0.717) is 5.57 Å². The fraction of sp³-hybridized carbons (Fsp3) is 0.200. The normalized spacial score (nSPS) is 24.2. The molecule has 2 rings (SSSR count). The molecule has 0 N–H and O–H groups in total. The van der Waals surface area contributed by atoms with E-state index in [1.54, 1.807) is 6.20 Å². The molecule has 13 heavy (non-hydrogen) atoms. The number of rotatable bonds is 1. The summed E-state index contributed by atoms with van der Waals surface area (Å²) in [6.07, 6.45) is 9.34. The maximum absolute atomic E-state index is 11.6. The predicted octanol–water partition coefficient (Wildman–Crippen LogP) is 1.12. The van der Waals surface area contributed by atoms with Crippen molar-refractivity contribution in [3.05, 3.63) is 36.2 Å². The van der Waals surface area contributed by atoms with Crippen LogP contribution in [0.15, 0.2) is 36.2 Å². The van der Waals surface area contributed by atoms with Gasteiger partial charge in [-0.3, -0.25) is 4.79 Å². The minimum atomic E-state index is -0.201. The molecule has 2 aliphatic rings. The van der Waals surface area contributed by atoms with Gasteiger partial charge in [0.05, 0.1) is 12.5 Å². The summed E-state index contributed by atoms with van der Waals surface area (Å²) in [6, 6.07) is 1.79. The lowest BCUT2D eigenvalue weighted by molar-refractivity contribution is -0.116. The van der Waals surface area contributed by atoms with Gasteiger partial charge in [-0.2, -0.15) is 5.26 Å². The second-order valence-corrected chi connectivity index (χ2v) is 2.97. The van der Waals surface area contributed by atoms with Crippen molar-refractivity contribution in [2.24, 2.45) is 0 Å². The third-order valence-corrected chi connectivity index (χ3v) is 2.14. The van der Waals surface area contributed by atoms with Gasteiger partial charge in [0.1, 0.15) is 6.04 Å². The topological polar surface area (TPSA) is 44.1 Å². The number of hydrogen-bond donors (Lipinski definition) is 0. The van der Waals surface area contributed by atoms with E-state index in [1.807, 2.05) is 35.4 Å². The van der Waals surface area contributed by atoms with E-state index in [9.17, 15) is 4.79 Å². The molecule has 3 heteroatoms. The van der Waals surface area contributed by atoms with Gasteiger partial charge in [0.2, 0.25) is 0 Å². The number of ketones is 1. The Morgan fingerprint density at radius 1 is 1.54 bits per heavy atom. The summed E-state index contributed by atoms with van der Waals surface area (Å²) in [5, 5.41) is 8.48. The minimum Gasteiger partial charge on any atom is -0.340 e. The lowest BCUT2D eigenvalue weighted by Gasteiger charge is -2.18. The molecule has 0 radical (unpaired) electrons. The van der Waals surface area contributed by atoms with Crippen molar-refractivity contribution in [2.75, 3.05) is 0 Å². The third kappa shape index (κ3) is 1.17. The predicted molar refractivity (Wildman–Crippen MR) is 47.2 cm³/mol. The molecule has 0 bridgehead atoms. The summed E-state index contributed by atoms with van der Waals surface area (Å²) < 4.78 is 0. The first kappa shape index (κ1) is 7.81. The molecular formula is C10H8N2O. The van der Waals surface area contributed by atoms with Crippen LogP contribution in [-0.2, 0) is 4.79 Å². The van der Waals surface area contributed by atoms with Crippen LogP contribution in [-0.4, -0.2) is 16.7 Å². The first-order valence-corrected chi connectivity index (χ1v) is 4.07. The van der Waals surface area contributed by atoms with Gasteiger partial charge in [-0.15, -0.1) is 0 Å². The summed E-state index contributed by atoms with van der Waals surface area (Å²) in [4.78, 5) is 13.4. The summed E-state index contributed by atoms with van der Waals surface area (Å²) in [7, 11) is 0. The summed E-state index contributed by atoms with van der Waals surface area (Å²) >= 11 is 0. The number of fused-ring (bicyclic) bond motifs is 1. The van der Waals surface area contributed by atoms with Crippen molar-refractivity contribution < 1.29 is 4.79 Å². The van der Waals surface area contributed by atoms with Crippen molar-refractivity contribution in [3.63, 3.8) is 0 Å². The zero-order chi connectivity index (χ0) is 9.26. The van der Waals surface area contributed by atoms with Gasteiger partial charge in [-0.25, -0.2) is 0 Å². The van der Waals surface area contributed by atoms with Crippen LogP contribution in [0.1, 0.15) is 6.42 Å². The molecule has 0 aliphatic carbocycles. The fourth-order valence-electron chi connectivity index (χ4n) is 1.51. The zero-order valence-corrected chi connectivity index (χ0v) is 6.97. The molecule has 0 saturated heterocycles. The van der Waals surface area contributed by atoms with Crippen LogP contribution < -0.4 is 0 Å². The highest BCUT2D eigenvalue weighted by atomic mass is 16.1. The Hall–Kier alpha value is -1.82. The molecule has 2 aliphatic heterocycles. The third-order valence-electron chi connectivity index (χ3n) is 2.14. The first-order valence-electron chi connectivity index (χ1n) is 4.07. The number of nitriles is 1. The Bertz CT molecular complexity index is 371. The average molecular weight is 172 g/mol. The van der Waals surface area contributed by atoms with Crippen molar-refractivity contribution in [1.29, 1.82) is 5.26 Å². The maximum Gasteiger partial charge on any atom is 0.188 e. The number of nitrogens with zero attached hydrogens (tertiary/aromatic N) is 2. The summed E-state index contributed by atoms with van der Waals surface area (Å²) in [5.74, 6) is 0.0437. The molecule has 1 atom stereocenters. The van der Waals surface area contributed by atoms with Crippen molar-refractivity contribution in [1.82, 2.24) is 4.90 Å². The highest BCUT2D eigenvalue weighted by molar-refractivity contribution is 6.03. The van der Waals surface area contributed by atoms with E-state index in [2.05, 4.69) is 0 Å². The van der Waals surface area contributed by atoms with Crippen LogP contribution in [0.25, 0.3) is 0 Å². The molecule has 0 aromatic carbocycles. The second-order valence-electron chi connectivity index (χ2n) is 2.97. The monoisotopic (exact) mass is 172 g/mol. The Morgan fingerprint density at radius 2 is 2.38 bits per heavy atom. The van der Waals surface area contributed by atoms with Gasteiger partial charge in [0.25, 0.3) is 0 Å². The molecule has 2 heterocycles. The Balaban J connectivity index is 2.27. The highest BCUT2D eigenvalue weighted by Crippen LogP contribution is 2.23. The Kier molecular flexibility index (Phi) is 1.75. The van der Waals surface area contributed by atoms with E-state index in [0.717, 1.165) is 0 Å². The molecule has 3 nitrogen and oxygen atoms in total. The number of carbonyl (C=O) groups excluding carboxylic acids is 1. The number of Topliss-reactive ketones (excluding diaryl/α,β-unsaturated/α-hetero) is 1. The Morgan fingerprint density at radius 3 is 3.08 bits per heavy atom. The van der Waals surface area contributed by atoms with Gasteiger partial charge < -0.3 is 4.90 Å². The molecule has 0 aromatic rings. The van der Waals surface area contributed by atoms with E-state index >= 15 is 0 Å².